The summed E-state index contributed by atoms with van der Waals surface area (Å²) < 4.78 is 24.0. The molecule has 0 amide bonds. The summed E-state index contributed by atoms with van der Waals surface area (Å²) in [5.74, 6) is 0.587. The first-order valence-corrected chi connectivity index (χ1v) is 8.35. The monoisotopic (exact) mass is 319 g/mol. The first-order valence-electron chi connectivity index (χ1n) is 6.80. The summed E-state index contributed by atoms with van der Waals surface area (Å²) in [6.07, 6.45) is 2.98. The molecule has 0 spiro atoms. The molecule has 6 heteroatoms. The Kier molecular flexibility index (Phi) is 4.67. The molecule has 5 nitrogen and oxygen atoms in total. The highest BCUT2D eigenvalue weighted by Gasteiger charge is 2.45. The molecule has 0 saturated heterocycles. The fourth-order valence-electron chi connectivity index (χ4n) is 1.67. The van der Waals surface area contributed by atoms with Crippen LogP contribution in [-0.4, -0.2) is 10.5 Å². The van der Waals surface area contributed by atoms with Crippen LogP contribution in [0.25, 0.3) is 0 Å². The van der Waals surface area contributed by atoms with Gasteiger partial charge < -0.3 is 9.05 Å². The van der Waals surface area contributed by atoms with Crippen LogP contribution < -0.4 is 9.05 Å². The number of hydrogen-bond acceptors (Lipinski definition) is 5. The van der Waals surface area contributed by atoms with Crippen LogP contribution >= 0.6 is 7.60 Å². The Morgan fingerprint density at radius 2 is 1.45 bits per heavy atom. The molecule has 1 aromatic carbocycles. The van der Waals surface area contributed by atoms with E-state index in [-0.39, 0.29) is 5.75 Å². The highest BCUT2D eigenvalue weighted by Crippen LogP contribution is 2.53. The van der Waals surface area contributed by atoms with Crippen molar-refractivity contribution in [1.82, 2.24) is 4.98 Å². The van der Waals surface area contributed by atoms with E-state index in [4.69, 9.17) is 9.05 Å². The van der Waals surface area contributed by atoms with Crippen LogP contribution in [0.15, 0.2) is 54.9 Å². The second-order valence-corrected chi connectivity index (χ2v) is 7.50. The summed E-state index contributed by atoms with van der Waals surface area (Å²) in [5, 5.41) is 0. The topological polar surface area (TPSA) is 65.5 Å². The van der Waals surface area contributed by atoms with E-state index >= 15 is 0 Å². The lowest BCUT2D eigenvalue weighted by Gasteiger charge is -2.24. The number of aromatic nitrogens is 1. The number of benzene rings is 1. The summed E-state index contributed by atoms with van der Waals surface area (Å²) in [4.78, 5) is 16.4. The van der Waals surface area contributed by atoms with Crippen molar-refractivity contribution < 1.29 is 18.4 Å². The zero-order valence-electron chi connectivity index (χ0n) is 12.7. The maximum atomic E-state index is 13.1. The predicted molar refractivity (Wildman–Crippen MR) is 84.0 cm³/mol. The first-order chi connectivity index (χ1) is 10.3. The van der Waals surface area contributed by atoms with Crippen molar-refractivity contribution in [3.8, 4) is 11.5 Å². The van der Waals surface area contributed by atoms with Crippen LogP contribution in [-0.2, 0) is 9.36 Å². The van der Waals surface area contributed by atoms with Gasteiger partial charge in [-0.2, -0.15) is 0 Å². The number of carbonyl (C=O) groups is 1. The molecule has 0 aliphatic rings. The zero-order chi connectivity index (χ0) is 16.2. The van der Waals surface area contributed by atoms with E-state index in [1.54, 1.807) is 51.1 Å². The SMILES string of the molecule is CC(C)(C)C(=O)P(=O)(Oc1ccccc1)Oc1ccncc1. The van der Waals surface area contributed by atoms with Gasteiger partial charge in [0, 0.05) is 17.8 Å². The quantitative estimate of drug-likeness (QED) is 0.769. The highest BCUT2D eigenvalue weighted by molar-refractivity contribution is 7.72. The molecule has 0 fully saturated rings. The average Bonchev–Trinajstić information content (AvgIpc) is 2.47. The van der Waals surface area contributed by atoms with Crippen LogP contribution in [0.3, 0.4) is 0 Å². The van der Waals surface area contributed by atoms with Gasteiger partial charge in [0.15, 0.2) is 0 Å². The Morgan fingerprint density at radius 1 is 0.955 bits per heavy atom. The maximum Gasteiger partial charge on any atom is 0.498 e. The minimum absolute atomic E-state index is 0.270. The van der Waals surface area contributed by atoms with Gasteiger partial charge in [0.05, 0.1) is 0 Å². The number of carbonyl (C=O) groups excluding carboxylic acids is 1. The molecule has 22 heavy (non-hydrogen) atoms. The van der Waals surface area contributed by atoms with Gasteiger partial charge >= 0.3 is 7.60 Å². The lowest BCUT2D eigenvalue weighted by Crippen LogP contribution is -2.24. The average molecular weight is 319 g/mol. The van der Waals surface area contributed by atoms with Crippen LogP contribution in [0, 0.1) is 5.41 Å². The lowest BCUT2D eigenvalue weighted by atomic mass is 10.00. The molecule has 116 valence electrons. The number of hydrogen-bond donors (Lipinski definition) is 0. The molecular formula is C16H18NO4P. The number of para-hydroxylation sites is 1. The summed E-state index contributed by atoms with van der Waals surface area (Å²) in [6.45, 7) is 5.02. The molecule has 1 unspecified atom stereocenters. The van der Waals surface area contributed by atoms with Crippen LogP contribution in [0.2, 0.25) is 0 Å². The number of rotatable bonds is 5. The van der Waals surface area contributed by atoms with Gasteiger partial charge in [-0.05, 0) is 24.3 Å². The fourth-order valence-corrected chi connectivity index (χ4v) is 3.49. The molecule has 0 saturated carbocycles. The van der Waals surface area contributed by atoms with Crippen LogP contribution in [0.5, 0.6) is 11.5 Å². The standard InChI is InChI=1S/C16H18NO4P/c1-16(2,3)15(18)22(19,20-13-7-5-4-6-8-13)21-14-9-11-17-12-10-14/h4-12H,1-3H3. The molecule has 1 aromatic heterocycles. The minimum Gasteiger partial charge on any atom is -0.411 e. The van der Waals surface area contributed by atoms with E-state index in [0.717, 1.165) is 0 Å². The van der Waals surface area contributed by atoms with Crippen molar-refractivity contribution >= 4 is 13.1 Å². The highest BCUT2D eigenvalue weighted by atomic mass is 31.2. The van der Waals surface area contributed by atoms with Gasteiger partial charge in [0.2, 0.25) is 0 Å². The Morgan fingerprint density at radius 3 is 1.95 bits per heavy atom. The van der Waals surface area contributed by atoms with E-state index in [9.17, 15) is 9.36 Å². The second-order valence-electron chi connectivity index (χ2n) is 5.73. The van der Waals surface area contributed by atoms with Gasteiger partial charge in [-0.1, -0.05) is 39.0 Å². The fraction of sp³-hybridized carbons (Fsp3) is 0.250. The van der Waals surface area contributed by atoms with Crippen molar-refractivity contribution in [3.05, 3.63) is 54.9 Å². The molecule has 2 aromatic rings. The normalized spacial score (nSPS) is 14.0. The Balaban J connectivity index is 2.36. The number of nitrogens with zero attached hydrogens (tertiary/aromatic N) is 1. The Labute approximate surface area is 129 Å². The molecule has 2 rings (SSSR count). The molecule has 0 aliphatic heterocycles. The summed E-state index contributed by atoms with van der Waals surface area (Å²) >= 11 is 0. The van der Waals surface area contributed by atoms with Gasteiger partial charge in [0.1, 0.15) is 11.5 Å². The van der Waals surface area contributed by atoms with E-state index in [2.05, 4.69) is 4.98 Å². The minimum atomic E-state index is -4.04. The molecule has 0 bridgehead atoms. The van der Waals surface area contributed by atoms with Crippen molar-refractivity contribution in [1.29, 1.82) is 0 Å². The third-order valence-electron chi connectivity index (χ3n) is 2.73. The van der Waals surface area contributed by atoms with E-state index in [1.807, 2.05) is 0 Å². The molecule has 1 heterocycles. The smallest absolute Gasteiger partial charge is 0.411 e. The summed E-state index contributed by atoms with van der Waals surface area (Å²) in [7, 11) is -4.04. The largest absolute Gasteiger partial charge is 0.498 e. The summed E-state index contributed by atoms with van der Waals surface area (Å²) in [6, 6.07) is 11.6. The predicted octanol–water partition coefficient (Wildman–Crippen LogP) is 4.31. The van der Waals surface area contributed by atoms with Crippen LogP contribution in [0.4, 0.5) is 0 Å². The second kappa shape index (κ2) is 6.32. The van der Waals surface area contributed by atoms with Crippen LogP contribution in [0.1, 0.15) is 20.8 Å². The van der Waals surface area contributed by atoms with Crippen molar-refractivity contribution in [2.75, 3.05) is 0 Å². The molecular weight excluding hydrogens is 301 g/mol. The van der Waals surface area contributed by atoms with Gasteiger partial charge in [-0.3, -0.25) is 9.78 Å². The Bertz CT molecular complexity index is 635. The van der Waals surface area contributed by atoms with E-state index in [1.165, 1.54) is 24.5 Å². The zero-order valence-corrected chi connectivity index (χ0v) is 13.6. The first kappa shape index (κ1) is 16.2. The van der Waals surface area contributed by atoms with Crippen molar-refractivity contribution in [2.24, 2.45) is 5.41 Å². The third-order valence-corrected chi connectivity index (χ3v) is 4.81. The molecule has 1 atom stereocenters. The third kappa shape index (κ3) is 3.95. The number of pyridine rings is 1. The van der Waals surface area contributed by atoms with E-state index < -0.39 is 18.5 Å². The van der Waals surface area contributed by atoms with Gasteiger partial charge in [0.25, 0.3) is 5.52 Å². The van der Waals surface area contributed by atoms with Gasteiger partial charge in [-0.25, -0.2) is 4.57 Å². The van der Waals surface area contributed by atoms with Crippen molar-refractivity contribution in [3.63, 3.8) is 0 Å². The van der Waals surface area contributed by atoms with E-state index in [0.29, 0.717) is 5.75 Å². The maximum absolute atomic E-state index is 13.1. The Hall–Kier alpha value is -2.13. The lowest BCUT2D eigenvalue weighted by molar-refractivity contribution is -0.119. The molecule has 0 aliphatic carbocycles. The molecule has 0 radical (unpaired) electrons. The van der Waals surface area contributed by atoms with Gasteiger partial charge in [-0.15, -0.1) is 0 Å². The van der Waals surface area contributed by atoms with Crippen molar-refractivity contribution in [2.45, 2.75) is 20.8 Å². The molecule has 0 N–H and O–H groups in total. The summed E-state index contributed by atoms with van der Waals surface area (Å²) in [5.41, 5.74) is -1.45.